The molecule has 0 saturated carbocycles. The topological polar surface area (TPSA) is 26.0 Å². The number of aryl methyl sites for hydroxylation is 1. The molecule has 0 aliphatic heterocycles. The molecule has 1 aromatic carbocycles. The Kier molecular flexibility index (Phi) is 0.758. The van der Waals surface area contributed by atoms with Crippen molar-refractivity contribution in [3.05, 3.63) is 29.3 Å². The fraction of sp³-hybridized carbons (Fsp3) is 0.250. The van der Waals surface area contributed by atoms with E-state index < -0.39 is 6.85 Å². The summed E-state index contributed by atoms with van der Waals surface area (Å²) < 4.78 is 21.6. The molecule has 0 fully saturated rings. The van der Waals surface area contributed by atoms with E-state index in [0.29, 0.717) is 16.8 Å². The highest BCUT2D eigenvalue weighted by molar-refractivity contribution is 5.49. The number of nitrogens with two attached hydrogens (primary N) is 1. The lowest BCUT2D eigenvalue weighted by molar-refractivity contribution is 1.35. The summed E-state index contributed by atoms with van der Waals surface area (Å²) in [6.07, 6.45) is 0. The molecule has 0 heterocycles. The molecule has 1 heteroatoms. The van der Waals surface area contributed by atoms with E-state index in [-0.39, 0.29) is 0 Å². The second kappa shape index (κ2) is 2.09. The van der Waals surface area contributed by atoms with Crippen molar-refractivity contribution in [3.8, 4) is 0 Å². The highest BCUT2D eigenvalue weighted by atomic mass is 14.5. The molecule has 0 aliphatic carbocycles. The number of hydrogen-bond donors (Lipinski definition) is 1. The lowest BCUT2D eigenvalue weighted by atomic mass is 10.1. The van der Waals surface area contributed by atoms with Gasteiger partial charge in [-0.05, 0) is 31.0 Å². The number of hydrogen-bond acceptors (Lipinski definition) is 1. The Morgan fingerprint density at radius 2 is 2.33 bits per heavy atom. The third-order valence-corrected chi connectivity index (χ3v) is 1.38. The van der Waals surface area contributed by atoms with Gasteiger partial charge in [0.25, 0.3) is 0 Å². The van der Waals surface area contributed by atoms with Crippen molar-refractivity contribution in [2.75, 3.05) is 5.73 Å². The highest BCUT2D eigenvalue weighted by Gasteiger charge is 1.92. The quantitative estimate of drug-likeness (QED) is 0.525. The van der Waals surface area contributed by atoms with E-state index in [4.69, 9.17) is 9.85 Å². The summed E-state index contributed by atoms with van der Waals surface area (Å²) in [5.74, 6) is 0. The maximum Gasteiger partial charge on any atom is 0.0346 e. The minimum Gasteiger partial charge on any atom is -0.399 e. The van der Waals surface area contributed by atoms with Gasteiger partial charge in [0.15, 0.2) is 0 Å². The average molecular weight is 124 g/mol. The molecule has 2 N–H and O–H groups in total. The molecule has 0 radical (unpaired) electrons. The van der Waals surface area contributed by atoms with Crippen molar-refractivity contribution < 1.29 is 4.11 Å². The van der Waals surface area contributed by atoms with Gasteiger partial charge in [0.2, 0.25) is 0 Å². The van der Waals surface area contributed by atoms with Crippen LogP contribution in [-0.4, -0.2) is 0 Å². The summed E-state index contributed by atoms with van der Waals surface area (Å²) in [6, 6.07) is 4.94. The van der Waals surface area contributed by atoms with Crippen LogP contribution in [0.3, 0.4) is 0 Å². The van der Waals surface area contributed by atoms with Crippen molar-refractivity contribution >= 4 is 5.69 Å². The van der Waals surface area contributed by atoms with Crippen LogP contribution in [0, 0.1) is 13.8 Å². The molecule has 0 unspecified atom stereocenters. The standard InChI is InChI=1S/C8H11N/c1-6-4-3-5-8(9)7(6)2/h3-5H,9H2,1-2H3/i1D3. The van der Waals surface area contributed by atoms with E-state index in [1.54, 1.807) is 25.1 Å². The van der Waals surface area contributed by atoms with Crippen molar-refractivity contribution in [2.45, 2.75) is 13.8 Å². The van der Waals surface area contributed by atoms with Crippen LogP contribution in [-0.2, 0) is 0 Å². The first-order valence-corrected chi connectivity index (χ1v) is 2.78. The van der Waals surface area contributed by atoms with Gasteiger partial charge in [-0.2, -0.15) is 0 Å². The Labute approximate surface area is 59.7 Å². The zero-order valence-corrected chi connectivity index (χ0v) is 5.31. The molecule has 0 atom stereocenters. The second-order valence-corrected chi connectivity index (χ2v) is 2.02. The summed E-state index contributed by atoms with van der Waals surface area (Å²) in [6.45, 7) is -0.337. The maximum absolute atomic E-state index is 7.19. The Hall–Kier alpha value is -0.980. The summed E-state index contributed by atoms with van der Waals surface area (Å²) >= 11 is 0. The number of benzene rings is 1. The van der Waals surface area contributed by atoms with Gasteiger partial charge in [-0.15, -0.1) is 0 Å². The van der Waals surface area contributed by atoms with E-state index in [1.807, 2.05) is 0 Å². The summed E-state index contributed by atoms with van der Waals surface area (Å²) in [7, 11) is 0. The Morgan fingerprint density at radius 3 is 2.89 bits per heavy atom. The third kappa shape index (κ3) is 1.04. The molecular weight excluding hydrogens is 110 g/mol. The minimum absolute atomic E-state index is 0.336. The van der Waals surface area contributed by atoms with E-state index in [0.717, 1.165) is 0 Å². The first kappa shape index (κ1) is 3.25. The van der Waals surface area contributed by atoms with Crippen LogP contribution in [0.2, 0.25) is 0 Å². The first-order chi connectivity index (χ1) is 5.43. The normalized spacial score (nSPS) is 15.9. The Balaban J connectivity index is 3.26. The lowest BCUT2D eigenvalue weighted by Gasteiger charge is -2.00. The lowest BCUT2D eigenvalue weighted by Crippen LogP contribution is -1.90. The van der Waals surface area contributed by atoms with Crippen LogP contribution in [0.4, 0.5) is 5.69 Å². The summed E-state index contributed by atoms with van der Waals surface area (Å²) in [5.41, 5.74) is 7.08. The van der Waals surface area contributed by atoms with Crippen LogP contribution >= 0.6 is 0 Å². The fourth-order valence-corrected chi connectivity index (χ4v) is 0.654. The molecule has 1 rings (SSSR count). The molecule has 0 aliphatic rings. The van der Waals surface area contributed by atoms with Gasteiger partial charge in [0.1, 0.15) is 0 Å². The molecule has 0 saturated heterocycles. The fourth-order valence-electron chi connectivity index (χ4n) is 0.654. The van der Waals surface area contributed by atoms with Crippen LogP contribution in [0.1, 0.15) is 15.2 Å². The highest BCUT2D eigenvalue weighted by Crippen LogP contribution is 2.13. The van der Waals surface area contributed by atoms with E-state index >= 15 is 0 Å². The summed E-state index contributed by atoms with van der Waals surface area (Å²) in [5, 5.41) is 0. The SMILES string of the molecule is [2H]C([2H])([2H])c1cccc(N)c1C. The monoisotopic (exact) mass is 124 g/mol. The van der Waals surface area contributed by atoms with Crippen LogP contribution in [0.25, 0.3) is 0 Å². The Morgan fingerprint density at radius 1 is 1.56 bits per heavy atom. The molecule has 0 amide bonds. The van der Waals surface area contributed by atoms with Gasteiger partial charge in [-0.25, -0.2) is 0 Å². The molecular formula is C8H11N. The van der Waals surface area contributed by atoms with Gasteiger partial charge in [-0.1, -0.05) is 12.1 Å². The van der Waals surface area contributed by atoms with Crippen molar-refractivity contribution in [2.24, 2.45) is 0 Å². The van der Waals surface area contributed by atoms with Crippen LogP contribution in [0.5, 0.6) is 0 Å². The van der Waals surface area contributed by atoms with Crippen LogP contribution < -0.4 is 5.73 Å². The average Bonchev–Trinajstić information content (AvgIpc) is 1.92. The largest absolute Gasteiger partial charge is 0.399 e. The second-order valence-electron chi connectivity index (χ2n) is 2.02. The molecule has 1 aromatic rings. The Bertz CT molecular complexity index is 291. The molecule has 0 spiro atoms. The molecule has 0 aromatic heterocycles. The van der Waals surface area contributed by atoms with Gasteiger partial charge < -0.3 is 5.73 Å². The maximum atomic E-state index is 7.19. The van der Waals surface area contributed by atoms with Crippen molar-refractivity contribution in [3.63, 3.8) is 0 Å². The van der Waals surface area contributed by atoms with Gasteiger partial charge in [0.05, 0.1) is 0 Å². The molecule has 48 valence electrons. The molecule has 1 nitrogen and oxygen atoms in total. The number of anilines is 1. The van der Waals surface area contributed by atoms with Gasteiger partial charge >= 0.3 is 0 Å². The predicted molar refractivity (Wildman–Crippen MR) is 40.3 cm³/mol. The zero-order chi connectivity index (χ0) is 9.35. The van der Waals surface area contributed by atoms with Crippen molar-refractivity contribution in [1.82, 2.24) is 0 Å². The molecule has 0 bridgehead atoms. The van der Waals surface area contributed by atoms with E-state index in [1.165, 1.54) is 0 Å². The minimum atomic E-state index is -2.06. The van der Waals surface area contributed by atoms with Gasteiger partial charge in [0, 0.05) is 9.80 Å². The predicted octanol–water partition coefficient (Wildman–Crippen LogP) is 1.89. The third-order valence-electron chi connectivity index (χ3n) is 1.38. The van der Waals surface area contributed by atoms with Gasteiger partial charge in [-0.3, -0.25) is 0 Å². The van der Waals surface area contributed by atoms with E-state index in [9.17, 15) is 0 Å². The zero-order valence-electron chi connectivity index (χ0n) is 8.31. The first-order valence-electron chi connectivity index (χ1n) is 4.28. The number of nitrogen functional groups attached to an aromatic ring is 1. The number of rotatable bonds is 0. The summed E-state index contributed by atoms with van der Waals surface area (Å²) in [4.78, 5) is 0. The molecule has 9 heavy (non-hydrogen) atoms. The smallest absolute Gasteiger partial charge is 0.0346 e. The van der Waals surface area contributed by atoms with Crippen LogP contribution in [0.15, 0.2) is 18.2 Å². The van der Waals surface area contributed by atoms with Crippen molar-refractivity contribution in [1.29, 1.82) is 0 Å². The van der Waals surface area contributed by atoms with E-state index in [2.05, 4.69) is 0 Å².